The first kappa shape index (κ1) is 15.5. The Labute approximate surface area is 134 Å². The number of anilines is 1. The summed E-state index contributed by atoms with van der Waals surface area (Å²) >= 11 is 1.01. The van der Waals surface area contributed by atoms with Gasteiger partial charge in [0.2, 0.25) is 5.13 Å². The largest absolute Gasteiger partial charge is 0.263 e. The summed E-state index contributed by atoms with van der Waals surface area (Å²) in [5.74, 6) is -0.908. The van der Waals surface area contributed by atoms with Crippen molar-refractivity contribution in [2.75, 3.05) is 4.72 Å². The number of nitrogens with one attached hydrogen (secondary N) is 1. The minimum absolute atomic E-state index is 0.0636. The first-order valence-corrected chi connectivity index (χ1v) is 8.62. The SMILES string of the molecule is O=S(=O)(Nc1nnc(-c2ccc(F)cc2)s1)c1ccc(F)cc1. The molecule has 1 N–H and O–H groups in total. The zero-order chi connectivity index (χ0) is 16.4. The van der Waals surface area contributed by atoms with Crippen molar-refractivity contribution in [1.82, 2.24) is 10.2 Å². The molecule has 0 aliphatic carbocycles. The first-order chi connectivity index (χ1) is 10.9. The third kappa shape index (κ3) is 3.51. The van der Waals surface area contributed by atoms with Crippen molar-refractivity contribution in [3.05, 3.63) is 60.2 Å². The smallest absolute Gasteiger partial charge is 0.253 e. The van der Waals surface area contributed by atoms with Gasteiger partial charge in [0.1, 0.15) is 16.6 Å². The molecule has 1 aromatic heterocycles. The fraction of sp³-hybridized carbons (Fsp3) is 0. The Morgan fingerprint density at radius 2 is 1.43 bits per heavy atom. The Hall–Kier alpha value is -2.39. The standard InChI is InChI=1S/C14H9F2N3O2S2/c15-10-3-1-9(2-4-10)13-17-18-14(22-13)19-23(20,21)12-7-5-11(16)6-8-12/h1-8H,(H,18,19). The molecule has 0 unspecified atom stereocenters. The highest BCUT2D eigenvalue weighted by Crippen LogP contribution is 2.27. The van der Waals surface area contributed by atoms with E-state index in [-0.39, 0.29) is 15.8 Å². The fourth-order valence-electron chi connectivity index (χ4n) is 1.76. The predicted octanol–water partition coefficient (Wildman–Crippen LogP) is 3.28. The minimum Gasteiger partial charge on any atom is -0.253 e. The molecule has 9 heteroatoms. The fourth-order valence-corrected chi connectivity index (χ4v) is 3.74. The zero-order valence-corrected chi connectivity index (χ0v) is 13.0. The Balaban J connectivity index is 1.83. The van der Waals surface area contributed by atoms with E-state index in [0.717, 1.165) is 35.6 Å². The van der Waals surface area contributed by atoms with E-state index in [4.69, 9.17) is 0 Å². The average molecular weight is 353 g/mol. The van der Waals surface area contributed by atoms with Crippen LogP contribution < -0.4 is 4.72 Å². The number of aromatic nitrogens is 2. The number of hydrogen-bond acceptors (Lipinski definition) is 5. The number of rotatable bonds is 4. The van der Waals surface area contributed by atoms with Crippen molar-refractivity contribution in [1.29, 1.82) is 0 Å². The lowest BCUT2D eigenvalue weighted by Crippen LogP contribution is -2.12. The molecule has 0 atom stereocenters. The minimum atomic E-state index is -3.87. The maximum atomic E-state index is 12.9. The van der Waals surface area contributed by atoms with Gasteiger partial charge in [-0.3, -0.25) is 4.72 Å². The van der Waals surface area contributed by atoms with Crippen molar-refractivity contribution in [2.24, 2.45) is 0 Å². The second kappa shape index (κ2) is 6.01. The third-order valence-corrected chi connectivity index (χ3v) is 5.23. The first-order valence-electron chi connectivity index (χ1n) is 6.32. The van der Waals surface area contributed by atoms with Gasteiger partial charge in [-0.05, 0) is 48.5 Å². The van der Waals surface area contributed by atoms with Gasteiger partial charge in [-0.2, -0.15) is 0 Å². The van der Waals surface area contributed by atoms with E-state index in [1.807, 2.05) is 0 Å². The molecular formula is C14H9F2N3O2S2. The van der Waals surface area contributed by atoms with Crippen LogP contribution in [0.15, 0.2) is 53.4 Å². The van der Waals surface area contributed by atoms with E-state index in [0.29, 0.717) is 10.6 Å². The van der Waals surface area contributed by atoms with Gasteiger partial charge < -0.3 is 0 Å². The molecule has 1 heterocycles. The Morgan fingerprint density at radius 3 is 2.04 bits per heavy atom. The van der Waals surface area contributed by atoms with Crippen LogP contribution in [0.25, 0.3) is 10.6 Å². The molecule has 0 spiro atoms. The van der Waals surface area contributed by atoms with E-state index in [9.17, 15) is 17.2 Å². The molecule has 0 aliphatic heterocycles. The van der Waals surface area contributed by atoms with E-state index < -0.39 is 15.8 Å². The third-order valence-electron chi connectivity index (χ3n) is 2.86. The van der Waals surface area contributed by atoms with Gasteiger partial charge in [-0.25, -0.2) is 17.2 Å². The quantitative estimate of drug-likeness (QED) is 0.781. The average Bonchev–Trinajstić information content (AvgIpc) is 2.96. The van der Waals surface area contributed by atoms with Crippen molar-refractivity contribution in [3.63, 3.8) is 0 Å². The van der Waals surface area contributed by atoms with Crippen LogP contribution in [-0.4, -0.2) is 18.6 Å². The summed E-state index contributed by atoms with van der Waals surface area (Å²) in [5, 5.41) is 8.13. The molecule has 0 bridgehead atoms. The van der Waals surface area contributed by atoms with Crippen LogP contribution in [0.1, 0.15) is 0 Å². The van der Waals surface area contributed by atoms with Crippen molar-refractivity contribution in [3.8, 4) is 10.6 Å². The lowest BCUT2D eigenvalue weighted by Gasteiger charge is -2.03. The monoisotopic (exact) mass is 353 g/mol. The molecule has 5 nitrogen and oxygen atoms in total. The normalized spacial score (nSPS) is 11.4. The topological polar surface area (TPSA) is 72.0 Å². The maximum Gasteiger partial charge on any atom is 0.263 e. The van der Waals surface area contributed by atoms with Crippen molar-refractivity contribution >= 4 is 26.5 Å². The van der Waals surface area contributed by atoms with Gasteiger partial charge in [-0.15, -0.1) is 10.2 Å². The second-order valence-corrected chi connectivity index (χ2v) is 7.14. The second-order valence-electron chi connectivity index (χ2n) is 4.48. The van der Waals surface area contributed by atoms with Gasteiger partial charge in [0.15, 0.2) is 0 Å². The molecule has 0 radical (unpaired) electrons. The summed E-state index contributed by atoms with van der Waals surface area (Å²) in [6.07, 6.45) is 0. The molecule has 118 valence electrons. The summed E-state index contributed by atoms with van der Waals surface area (Å²) in [5.41, 5.74) is 0.621. The molecule has 0 amide bonds. The highest BCUT2D eigenvalue weighted by molar-refractivity contribution is 7.93. The molecule has 0 fully saturated rings. The molecule has 3 rings (SSSR count). The highest BCUT2D eigenvalue weighted by Gasteiger charge is 2.17. The molecule has 23 heavy (non-hydrogen) atoms. The number of sulfonamides is 1. The summed E-state index contributed by atoms with van der Waals surface area (Å²) in [6, 6.07) is 10.0. The van der Waals surface area contributed by atoms with Crippen LogP contribution >= 0.6 is 11.3 Å². The lowest BCUT2D eigenvalue weighted by molar-refractivity contribution is 0.599. The molecule has 0 aliphatic rings. The molecule has 3 aromatic rings. The van der Waals surface area contributed by atoms with E-state index >= 15 is 0 Å². The van der Waals surface area contributed by atoms with Crippen LogP contribution in [-0.2, 0) is 10.0 Å². The van der Waals surface area contributed by atoms with Gasteiger partial charge >= 0.3 is 0 Å². The van der Waals surface area contributed by atoms with Crippen LogP contribution in [0.2, 0.25) is 0 Å². The van der Waals surface area contributed by atoms with Crippen LogP contribution in [0.5, 0.6) is 0 Å². The van der Waals surface area contributed by atoms with Gasteiger partial charge in [0.25, 0.3) is 10.0 Å². The zero-order valence-electron chi connectivity index (χ0n) is 11.4. The maximum absolute atomic E-state index is 12.9. The lowest BCUT2D eigenvalue weighted by atomic mass is 10.2. The van der Waals surface area contributed by atoms with E-state index in [2.05, 4.69) is 14.9 Å². The Kier molecular flexibility index (Phi) is 4.05. The van der Waals surface area contributed by atoms with Gasteiger partial charge in [0.05, 0.1) is 4.90 Å². The molecule has 2 aromatic carbocycles. The van der Waals surface area contributed by atoms with Gasteiger partial charge in [-0.1, -0.05) is 11.3 Å². The molecule has 0 saturated carbocycles. The summed E-state index contributed by atoms with van der Waals surface area (Å²) in [7, 11) is -3.87. The number of hydrogen-bond donors (Lipinski definition) is 1. The van der Waals surface area contributed by atoms with Crippen LogP contribution in [0.4, 0.5) is 13.9 Å². The number of benzene rings is 2. The Morgan fingerprint density at radius 1 is 0.870 bits per heavy atom. The van der Waals surface area contributed by atoms with Crippen molar-refractivity contribution < 1.29 is 17.2 Å². The van der Waals surface area contributed by atoms with E-state index in [1.165, 1.54) is 24.3 Å². The predicted molar refractivity (Wildman–Crippen MR) is 82.5 cm³/mol. The van der Waals surface area contributed by atoms with Crippen molar-refractivity contribution in [2.45, 2.75) is 4.90 Å². The Bertz CT molecular complexity index is 923. The van der Waals surface area contributed by atoms with E-state index in [1.54, 1.807) is 0 Å². The molecular weight excluding hydrogens is 344 g/mol. The summed E-state index contributed by atoms with van der Waals surface area (Å²) < 4.78 is 52.3. The number of halogens is 2. The van der Waals surface area contributed by atoms with Gasteiger partial charge in [0, 0.05) is 5.56 Å². The highest BCUT2D eigenvalue weighted by atomic mass is 32.2. The molecule has 0 saturated heterocycles. The number of nitrogens with zero attached hydrogens (tertiary/aromatic N) is 2. The van der Waals surface area contributed by atoms with Crippen LogP contribution in [0, 0.1) is 11.6 Å². The van der Waals surface area contributed by atoms with Crippen LogP contribution in [0.3, 0.4) is 0 Å². The summed E-state index contributed by atoms with van der Waals surface area (Å²) in [4.78, 5) is -0.0857. The summed E-state index contributed by atoms with van der Waals surface area (Å²) in [6.45, 7) is 0.